The summed E-state index contributed by atoms with van der Waals surface area (Å²) in [5.41, 5.74) is 1.79. The third-order valence-electron chi connectivity index (χ3n) is 2.39. The molecule has 0 N–H and O–H groups in total. The SMILES string of the molecule is Cc1cc2cc(F)c(Cl)c(Cl)c2n1C. The number of aryl methyl sites for hydroxylation is 2. The van der Waals surface area contributed by atoms with Crippen LogP contribution >= 0.6 is 23.2 Å². The van der Waals surface area contributed by atoms with Crippen LogP contribution in [0.15, 0.2) is 12.1 Å². The van der Waals surface area contributed by atoms with E-state index in [-0.39, 0.29) is 10.0 Å². The summed E-state index contributed by atoms with van der Waals surface area (Å²) in [4.78, 5) is 0. The highest BCUT2D eigenvalue weighted by Gasteiger charge is 2.13. The van der Waals surface area contributed by atoms with Crippen molar-refractivity contribution in [3.63, 3.8) is 0 Å². The second-order valence-electron chi connectivity index (χ2n) is 3.27. The van der Waals surface area contributed by atoms with Crippen LogP contribution in [0.5, 0.6) is 0 Å². The van der Waals surface area contributed by atoms with Gasteiger partial charge in [0.2, 0.25) is 0 Å². The van der Waals surface area contributed by atoms with Crippen molar-refractivity contribution in [3.05, 3.63) is 33.7 Å². The van der Waals surface area contributed by atoms with Crippen molar-refractivity contribution in [2.75, 3.05) is 0 Å². The highest BCUT2D eigenvalue weighted by molar-refractivity contribution is 6.45. The van der Waals surface area contributed by atoms with Crippen LogP contribution in [0.4, 0.5) is 4.39 Å². The Balaban J connectivity index is 2.99. The van der Waals surface area contributed by atoms with Crippen LogP contribution in [0.25, 0.3) is 10.9 Å². The van der Waals surface area contributed by atoms with E-state index in [4.69, 9.17) is 23.2 Å². The number of nitrogens with zero attached hydrogens (tertiary/aromatic N) is 1. The number of hydrogen-bond donors (Lipinski definition) is 0. The summed E-state index contributed by atoms with van der Waals surface area (Å²) in [6.07, 6.45) is 0. The Morgan fingerprint density at radius 1 is 1.21 bits per heavy atom. The maximum absolute atomic E-state index is 13.2. The largest absolute Gasteiger partial charge is 0.347 e. The molecule has 74 valence electrons. The molecule has 0 unspecified atom stereocenters. The lowest BCUT2D eigenvalue weighted by atomic mass is 10.2. The van der Waals surface area contributed by atoms with Gasteiger partial charge in [-0.1, -0.05) is 23.2 Å². The Morgan fingerprint density at radius 3 is 2.50 bits per heavy atom. The topological polar surface area (TPSA) is 4.93 Å². The highest BCUT2D eigenvalue weighted by Crippen LogP contribution is 2.34. The number of rotatable bonds is 0. The van der Waals surface area contributed by atoms with Crippen LogP contribution in [0.2, 0.25) is 10.0 Å². The Morgan fingerprint density at radius 2 is 1.86 bits per heavy atom. The fourth-order valence-corrected chi connectivity index (χ4v) is 2.02. The van der Waals surface area contributed by atoms with Crippen molar-refractivity contribution in [1.82, 2.24) is 4.57 Å². The summed E-state index contributed by atoms with van der Waals surface area (Å²) in [5.74, 6) is -0.477. The molecule has 0 aliphatic rings. The van der Waals surface area contributed by atoms with Gasteiger partial charge in [-0.15, -0.1) is 0 Å². The second-order valence-corrected chi connectivity index (χ2v) is 4.02. The maximum Gasteiger partial charge on any atom is 0.144 e. The number of hydrogen-bond acceptors (Lipinski definition) is 0. The molecule has 1 nitrogen and oxygen atoms in total. The Bertz CT molecular complexity index is 517. The lowest BCUT2D eigenvalue weighted by Crippen LogP contribution is -1.91. The highest BCUT2D eigenvalue weighted by atomic mass is 35.5. The minimum Gasteiger partial charge on any atom is -0.347 e. The zero-order valence-corrected chi connectivity index (χ0v) is 9.25. The molecule has 1 aromatic carbocycles. The van der Waals surface area contributed by atoms with E-state index in [9.17, 15) is 4.39 Å². The van der Waals surface area contributed by atoms with Gasteiger partial charge in [0.15, 0.2) is 0 Å². The third kappa shape index (κ3) is 1.22. The number of aromatic nitrogens is 1. The molecule has 2 rings (SSSR count). The zero-order chi connectivity index (χ0) is 10.5. The van der Waals surface area contributed by atoms with Crippen molar-refractivity contribution in [2.45, 2.75) is 6.92 Å². The van der Waals surface area contributed by atoms with Gasteiger partial charge in [-0.2, -0.15) is 0 Å². The van der Waals surface area contributed by atoms with Gasteiger partial charge in [-0.25, -0.2) is 4.39 Å². The molecule has 14 heavy (non-hydrogen) atoms. The number of benzene rings is 1. The van der Waals surface area contributed by atoms with Crippen LogP contribution in [-0.4, -0.2) is 4.57 Å². The molecule has 1 heterocycles. The van der Waals surface area contributed by atoms with E-state index in [0.29, 0.717) is 0 Å². The zero-order valence-electron chi connectivity index (χ0n) is 7.74. The molecule has 0 radical (unpaired) electrons. The molecule has 0 aliphatic heterocycles. The lowest BCUT2D eigenvalue weighted by Gasteiger charge is -2.03. The number of halogens is 3. The molecule has 0 saturated heterocycles. The summed E-state index contributed by atoms with van der Waals surface area (Å²) in [6, 6.07) is 3.27. The average molecular weight is 232 g/mol. The Labute approximate surface area is 91.0 Å². The minimum atomic E-state index is -0.477. The molecule has 0 bridgehead atoms. The van der Waals surface area contributed by atoms with Crippen LogP contribution in [-0.2, 0) is 7.05 Å². The molecule has 4 heteroatoms. The monoisotopic (exact) mass is 231 g/mol. The van der Waals surface area contributed by atoms with E-state index in [1.807, 2.05) is 24.6 Å². The third-order valence-corrected chi connectivity index (χ3v) is 3.23. The molecule has 1 aromatic heterocycles. The first-order valence-corrected chi connectivity index (χ1v) is 4.87. The van der Waals surface area contributed by atoms with E-state index in [2.05, 4.69) is 0 Å². The first-order valence-electron chi connectivity index (χ1n) is 4.12. The molecule has 0 amide bonds. The van der Waals surface area contributed by atoms with Crippen LogP contribution < -0.4 is 0 Å². The van der Waals surface area contributed by atoms with Crippen molar-refractivity contribution < 1.29 is 4.39 Å². The standard InChI is InChI=1S/C10H8Cl2FN/c1-5-3-6-4-7(13)8(11)9(12)10(6)14(5)2/h3-4H,1-2H3. The summed E-state index contributed by atoms with van der Waals surface area (Å²) >= 11 is 11.7. The van der Waals surface area contributed by atoms with Gasteiger partial charge in [0.05, 0.1) is 15.6 Å². The van der Waals surface area contributed by atoms with Crippen LogP contribution in [0.3, 0.4) is 0 Å². The molecule has 0 spiro atoms. The van der Waals surface area contributed by atoms with E-state index in [0.717, 1.165) is 16.6 Å². The molecule has 0 fully saturated rings. The predicted molar refractivity (Wildman–Crippen MR) is 57.6 cm³/mol. The summed E-state index contributed by atoms with van der Waals surface area (Å²) in [7, 11) is 1.87. The van der Waals surface area contributed by atoms with Gasteiger partial charge >= 0.3 is 0 Å². The molecule has 2 aromatic rings. The first kappa shape index (κ1) is 9.81. The number of fused-ring (bicyclic) bond motifs is 1. The fraction of sp³-hybridized carbons (Fsp3) is 0.200. The van der Waals surface area contributed by atoms with Crippen molar-refractivity contribution in [2.24, 2.45) is 7.05 Å². The van der Waals surface area contributed by atoms with Gasteiger partial charge in [0, 0.05) is 18.1 Å². The summed E-state index contributed by atoms with van der Waals surface area (Å²) < 4.78 is 15.1. The van der Waals surface area contributed by atoms with Gasteiger partial charge < -0.3 is 4.57 Å². The minimum absolute atomic E-state index is 0.0135. The van der Waals surface area contributed by atoms with Gasteiger partial charge in [0.25, 0.3) is 0 Å². The smallest absolute Gasteiger partial charge is 0.144 e. The maximum atomic E-state index is 13.2. The normalized spacial score (nSPS) is 11.2. The van der Waals surface area contributed by atoms with Crippen LogP contribution in [0, 0.1) is 12.7 Å². The summed E-state index contributed by atoms with van der Waals surface area (Å²) in [6.45, 7) is 1.93. The van der Waals surface area contributed by atoms with E-state index < -0.39 is 5.82 Å². The predicted octanol–water partition coefficient (Wildman–Crippen LogP) is 3.93. The molecule has 0 aliphatic carbocycles. The van der Waals surface area contributed by atoms with Crippen molar-refractivity contribution in [1.29, 1.82) is 0 Å². The molecular formula is C10H8Cl2FN. The van der Waals surface area contributed by atoms with E-state index in [1.54, 1.807) is 0 Å². The molecular weight excluding hydrogens is 224 g/mol. The van der Waals surface area contributed by atoms with Gasteiger partial charge in [-0.3, -0.25) is 0 Å². The van der Waals surface area contributed by atoms with Gasteiger partial charge in [0.1, 0.15) is 5.82 Å². The first-order chi connectivity index (χ1) is 6.52. The van der Waals surface area contributed by atoms with Gasteiger partial charge in [-0.05, 0) is 19.1 Å². The second kappa shape index (κ2) is 3.14. The van der Waals surface area contributed by atoms with E-state index in [1.165, 1.54) is 6.07 Å². The quantitative estimate of drug-likeness (QED) is 0.606. The Hall–Kier alpha value is -0.730. The van der Waals surface area contributed by atoms with Crippen molar-refractivity contribution in [3.8, 4) is 0 Å². The summed E-state index contributed by atoms with van der Waals surface area (Å²) in [5, 5.41) is 1.04. The van der Waals surface area contributed by atoms with Crippen LogP contribution in [0.1, 0.15) is 5.69 Å². The average Bonchev–Trinajstić information content (AvgIpc) is 2.39. The Kier molecular flexibility index (Phi) is 2.20. The molecule has 0 saturated carbocycles. The van der Waals surface area contributed by atoms with Crippen molar-refractivity contribution >= 4 is 34.1 Å². The van der Waals surface area contributed by atoms with E-state index >= 15 is 0 Å². The molecule has 0 atom stereocenters. The fourth-order valence-electron chi connectivity index (χ4n) is 1.55. The lowest BCUT2D eigenvalue weighted by molar-refractivity contribution is 0.630.